The quantitative estimate of drug-likeness (QED) is 0.378. The van der Waals surface area contributed by atoms with Crippen LogP contribution in [-0.4, -0.2) is 22.7 Å². The molecular formula is C25H26N5OY-. The molecule has 4 rings (SSSR count). The Morgan fingerprint density at radius 2 is 2.12 bits per heavy atom. The molecule has 32 heavy (non-hydrogen) atoms. The summed E-state index contributed by atoms with van der Waals surface area (Å²) in [6.07, 6.45) is 12.1. The van der Waals surface area contributed by atoms with Gasteiger partial charge in [-0.15, -0.1) is 12.0 Å². The first-order valence-corrected chi connectivity index (χ1v) is 10.1. The number of nitrogens with one attached hydrogen (secondary N) is 1. The standard InChI is InChI=1S/C25H24N5.H2O.Y/c1-15(13-26)23-24(18-8-9-29-16(2)10-18)20-11-19(14-27)21(28)12-22(20)30-25(23)17-6-4-3-5-7-17;;/h4,6,8-12,14-15,23,25,27H,5,7,28H2,1-2H3;1H2;/q-1;;/t15?,23-,25?;;/m1../s1. The summed E-state index contributed by atoms with van der Waals surface area (Å²) in [7, 11) is 0. The second-order valence-corrected chi connectivity index (χ2v) is 7.87. The van der Waals surface area contributed by atoms with Crippen LogP contribution in [0.4, 0.5) is 5.69 Å². The van der Waals surface area contributed by atoms with E-state index in [2.05, 4.69) is 29.3 Å². The van der Waals surface area contributed by atoms with Crippen LogP contribution in [0.15, 0.2) is 53.2 Å². The van der Waals surface area contributed by atoms with Crippen molar-refractivity contribution in [2.45, 2.75) is 32.7 Å². The minimum atomic E-state index is -0.243. The van der Waals surface area contributed by atoms with Crippen molar-refractivity contribution >= 4 is 17.5 Å². The van der Waals surface area contributed by atoms with E-state index in [0.717, 1.165) is 40.2 Å². The van der Waals surface area contributed by atoms with Crippen LogP contribution in [0.5, 0.6) is 0 Å². The number of anilines is 1. The number of allylic oxidation sites excluding steroid dienone is 3. The van der Waals surface area contributed by atoms with Gasteiger partial charge < -0.3 is 16.6 Å². The topological polar surface area (TPSA) is 130 Å². The Labute approximate surface area is 213 Å². The molecule has 0 saturated carbocycles. The summed E-state index contributed by atoms with van der Waals surface area (Å²) in [5.41, 5.74) is 11.6. The van der Waals surface area contributed by atoms with Gasteiger partial charge in [-0.25, -0.2) is 12.2 Å². The third kappa shape index (κ3) is 4.81. The van der Waals surface area contributed by atoms with Crippen molar-refractivity contribution in [2.24, 2.45) is 16.8 Å². The van der Waals surface area contributed by atoms with Crippen molar-refractivity contribution in [1.82, 2.24) is 4.98 Å². The fourth-order valence-corrected chi connectivity index (χ4v) is 4.41. The van der Waals surface area contributed by atoms with Crippen LogP contribution < -0.4 is 16.3 Å². The molecule has 1 aliphatic heterocycles. The number of nitrogens with two attached hydrogens (primary N) is 1. The van der Waals surface area contributed by atoms with Crippen LogP contribution in [0.2, 0.25) is 0 Å². The summed E-state index contributed by atoms with van der Waals surface area (Å²) < 4.78 is 0. The molecule has 7 heteroatoms. The van der Waals surface area contributed by atoms with E-state index in [1.54, 1.807) is 6.20 Å². The van der Waals surface area contributed by atoms with Crippen molar-refractivity contribution in [3.63, 3.8) is 0 Å². The van der Waals surface area contributed by atoms with E-state index in [9.17, 15) is 5.26 Å². The fourth-order valence-electron chi connectivity index (χ4n) is 4.41. The molecule has 2 aliphatic rings. The molecule has 5 N–H and O–H groups in total. The number of rotatable bonds is 4. The largest absolute Gasteiger partial charge is 0.412 e. The zero-order valence-electron chi connectivity index (χ0n) is 18.3. The van der Waals surface area contributed by atoms with Crippen LogP contribution >= 0.6 is 0 Å². The number of hydrogen-bond donors (Lipinski definition) is 2. The summed E-state index contributed by atoms with van der Waals surface area (Å²) in [4.78, 5) is 9.45. The molecule has 1 radical (unpaired) electrons. The maximum atomic E-state index is 9.90. The molecule has 2 unspecified atom stereocenters. The van der Waals surface area contributed by atoms with Crippen molar-refractivity contribution in [1.29, 1.82) is 10.7 Å². The number of hydrogen-bond acceptors (Lipinski definition) is 5. The van der Waals surface area contributed by atoms with Gasteiger partial charge in [-0.2, -0.15) is 5.26 Å². The molecule has 0 fully saturated rings. The zero-order valence-corrected chi connectivity index (χ0v) is 21.1. The fraction of sp³-hybridized carbons (Fsp3) is 0.280. The first-order valence-electron chi connectivity index (χ1n) is 10.1. The molecule has 1 aromatic carbocycles. The van der Waals surface area contributed by atoms with Crippen LogP contribution in [0.25, 0.3) is 5.57 Å². The summed E-state index contributed by atoms with van der Waals surface area (Å²) in [6.45, 7) is 3.93. The normalized spacial score (nSPS) is 19.8. The minimum Gasteiger partial charge on any atom is -0.412 e. The van der Waals surface area contributed by atoms with Crippen molar-refractivity contribution in [3.8, 4) is 6.07 Å². The predicted molar refractivity (Wildman–Crippen MR) is 122 cm³/mol. The van der Waals surface area contributed by atoms with Gasteiger partial charge in [0.1, 0.15) is 0 Å². The monoisotopic (exact) mass is 501 g/mol. The van der Waals surface area contributed by atoms with E-state index in [1.165, 1.54) is 11.8 Å². The first kappa shape index (κ1) is 25.8. The van der Waals surface area contributed by atoms with Crippen molar-refractivity contribution in [2.75, 3.05) is 5.73 Å². The molecule has 0 spiro atoms. The van der Waals surface area contributed by atoms with E-state index >= 15 is 0 Å². The second-order valence-electron chi connectivity index (χ2n) is 7.87. The Morgan fingerprint density at radius 3 is 2.75 bits per heavy atom. The molecule has 2 aromatic rings. The van der Waals surface area contributed by atoms with Gasteiger partial charge in [-0.1, -0.05) is 6.42 Å². The molecule has 6 nitrogen and oxygen atoms in total. The molecule has 0 bridgehead atoms. The van der Waals surface area contributed by atoms with Crippen LogP contribution in [0, 0.1) is 41.6 Å². The Bertz CT molecular complexity index is 1240. The zero-order chi connectivity index (χ0) is 21.3. The number of fused-ring (bicyclic) bond motifs is 1. The molecule has 1 aliphatic carbocycles. The number of nitrogen functional groups attached to an aromatic ring is 1. The SMILES string of the molecule is Cc1cc(C2=c3cc(C=N)c(N)cc3=NC(C3=CC=[C-]CC3)[C@@H]2C(C)C#N)ccn1.O.[Y]. The summed E-state index contributed by atoms with van der Waals surface area (Å²) >= 11 is 0. The number of nitriles is 1. The third-order valence-electron chi connectivity index (χ3n) is 5.90. The van der Waals surface area contributed by atoms with Gasteiger partial charge in [0.2, 0.25) is 0 Å². The summed E-state index contributed by atoms with van der Waals surface area (Å²) in [5.74, 6) is -0.351. The van der Waals surface area contributed by atoms with Gasteiger partial charge >= 0.3 is 0 Å². The predicted octanol–water partition coefficient (Wildman–Crippen LogP) is 2.20. The van der Waals surface area contributed by atoms with E-state index in [4.69, 9.17) is 16.1 Å². The van der Waals surface area contributed by atoms with Gasteiger partial charge in [0, 0.05) is 73.2 Å². The number of pyridine rings is 1. The molecule has 1 aromatic heterocycles. The first-order chi connectivity index (χ1) is 14.5. The third-order valence-corrected chi connectivity index (χ3v) is 5.90. The van der Waals surface area contributed by atoms with Gasteiger partial charge in [-0.3, -0.25) is 16.1 Å². The Balaban J connectivity index is 0.00000181. The Hall–Kier alpha value is -2.46. The number of benzene rings is 1. The van der Waals surface area contributed by atoms with E-state index in [1.807, 2.05) is 38.1 Å². The number of aromatic nitrogens is 1. The molecule has 0 saturated heterocycles. The van der Waals surface area contributed by atoms with Gasteiger partial charge in [0.25, 0.3) is 0 Å². The van der Waals surface area contributed by atoms with Gasteiger partial charge in [0.05, 0.1) is 23.4 Å². The number of aryl methyl sites for hydroxylation is 1. The van der Waals surface area contributed by atoms with E-state index < -0.39 is 0 Å². The average Bonchev–Trinajstić information content (AvgIpc) is 2.77. The maximum absolute atomic E-state index is 9.90. The Kier molecular flexibility index (Phi) is 8.80. The van der Waals surface area contributed by atoms with Crippen LogP contribution in [-0.2, 0) is 32.7 Å². The molecule has 2 heterocycles. The van der Waals surface area contributed by atoms with Crippen LogP contribution in [0.1, 0.15) is 36.6 Å². The molecular weight excluding hydrogens is 475 g/mol. The van der Waals surface area contributed by atoms with Crippen LogP contribution in [0.3, 0.4) is 0 Å². The maximum Gasteiger partial charge on any atom is 0.0677 e. The second kappa shape index (κ2) is 10.9. The summed E-state index contributed by atoms with van der Waals surface area (Å²) in [5, 5.41) is 19.4. The Morgan fingerprint density at radius 1 is 1.34 bits per heavy atom. The molecule has 0 amide bonds. The average molecular weight is 501 g/mol. The van der Waals surface area contributed by atoms with Gasteiger partial charge in [-0.05, 0) is 49.2 Å². The molecule has 3 atom stereocenters. The molecule has 161 valence electrons. The van der Waals surface area contributed by atoms with Crippen molar-refractivity contribution in [3.05, 3.63) is 81.7 Å². The van der Waals surface area contributed by atoms with Gasteiger partial charge in [0.15, 0.2) is 0 Å². The minimum absolute atomic E-state index is 0. The van der Waals surface area contributed by atoms with E-state index in [0.29, 0.717) is 11.3 Å². The summed E-state index contributed by atoms with van der Waals surface area (Å²) in [6, 6.07) is 10.2. The number of nitrogens with zero attached hydrogens (tertiary/aromatic N) is 3. The smallest absolute Gasteiger partial charge is 0.0677 e. The van der Waals surface area contributed by atoms with E-state index in [-0.39, 0.29) is 56.1 Å². The van der Waals surface area contributed by atoms with Crippen molar-refractivity contribution < 1.29 is 38.2 Å².